The van der Waals surface area contributed by atoms with E-state index in [0.29, 0.717) is 0 Å². The number of benzene rings is 1. The summed E-state index contributed by atoms with van der Waals surface area (Å²) in [4.78, 5) is 11.1. The molecule has 2 nitrogen and oxygen atoms in total. The fourth-order valence-corrected chi connectivity index (χ4v) is 2.40. The molecule has 0 saturated heterocycles. The summed E-state index contributed by atoms with van der Waals surface area (Å²) in [6, 6.07) is 8.30. The third-order valence-electron chi connectivity index (χ3n) is 3.22. The molecule has 0 bridgehead atoms. The molecule has 16 heavy (non-hydrogen) atoms. The number of rotatable bonds is 4. The third-order valence-corrected chi connectivity index (χ3v) is 3.22. The summed E-state index contributed by atoms with van der Waals surface area (Å²) in [6.07, 6.45) is 3.91. The lowest BCUT2D eigenvalue weighted by Crippen LogP contribution is -2.24. The molecule has 2 rings (SSSR count). The van der Waals surface area contributed by atoms with Crippen LogP contribution < -0.4 is 0 Å². The fourth-order valence-electron chi connectivity index (χ4n) is 2.40. The molecule has 86 valence electrons. The molecule has 2 atom stereocenters. The maximum Gasteiger partial charge on any atom is 0.126 e. The molecule has 0 N–H and O–H groups in total. The van der Waals surface area contributed by atoms with E-state index < -0.39 is 0 Å². The number of hydrogen-bond acceptors (Lipinski definition) is 2. The Morgan fingerprint density at radius 2 is 2.31 bits per heavy atom. The first kappa shape index (κ1) is 11.3. The summed E-state index contributed by atoms with van der Waals surface area (Å²) in [5, 5.41) is 0. The van der Waals surface area contributed by atoms with Crippen molar-refractivity contribution in [2.45, 2.75) is 32.3 Å². The van der Waals surface area contributed by atoms with Gasteiger partial charge in [0.2, 0.25) is 0 Å². The lowest BCUT2D eigenvalue weighted by Gasteiger charge is -2.29. The minimum atomic E-state index is -0.0256. The van der Waals surface area contributed by atoms with Gasteiger partial charge < -0.3 is 9.53 Å². The van der Waals surface area contributed by atoms with Crippen molar-refractivity contribution in [2.75, 3.05) is 6.61 Å². The molecule has 1 aromatic rings. The second kappa shape index (κ2) is 5.26. The van der Waals surface area contributed by atoms with Gasteiger partial charge in [0.25, 0.3) is 0 Å². The van der Waals surface area contributed by atoms with Crippen LogP contribution in [0.2, 0.25) is 0 Å². The minimum Gasteiger partial charge on any atom is -0.372 e. The average Bonchev–Trinajstić information content (AvgIpc) is 2.35. The number of hydrogen-bond donors (Lipinski definition) is 0. The van der Waals surface area contributed by atoms with E-state index in [1.54, 1.807) is 0 Å². The van der Waals surface area contributed by atoms with Crippen molar-refractivity contribution >= 4 is 6.29 Å². The molecule has 1 heterocycles. The zero-order chi connectivity index (χ0) is 11.4. The largest absolute Gasteiger partial charge is 0.372 e. The number of aldehydes is 1. The van der Waals surface area contributed by atoms with E-state index >= 15 is 0 Å². The number of carbonyl (C=O) groups excluding carboxylic acids is 1. The molecular weight excluding hydrogens is 200 g/mol. The molecule has 1 aliphatic rings. The Labute approximate surface area is 96.6 Å². The molecule has 0 aromatic heterocycles. The van der Waals surface area contributed by atoms with Crippen molar-refractivity contribution in [3.8, 4) is 0 Å². The number of carbonyl (C=O) groups is 1. The molecule has 0 amide bonds. The van der Waals surface area contributed by atoms with Crippen LogP contribution in [0, 0.1) is 5.92 Å². The van der Waals surface area contributed by atoms with Gasteiger partial charge in [-0.3, -0.25) is 0 Å². The molecule has 0 spiro atoms. The normalized spacial score (nSPS) is 21.2. The lowest BCUT2D eigenvalue weighted by atomic mass is 9.88. The van der Waals surface area contributed by atoms with Crippen LogP contribution >= 0.6 is 0 Å². The molecule has 1 aromatic carbocycles. The molecular formula is C14H18O2. The van der Waals surface area contributed by atoms with E-state index in [1.165, 1.54) is 11.1 Å². The maximum atomic E-state index is 11.1. The number of fused-ring (bicyclic) bond motifs is 1. The lowest BCUT2D eigenvalue weighted by molar-refractivity contribution is -0.117. The van der Waals surface area contributed by atoms with E-state index in [4.69, 9.17) is 4.74 Å². The molecule has 0 fully saturated rings. The van der Waals surface area contributed by atoms with Gasteiger partial charge in [-0.1, -0.05) is 37.6 Å². The molecule has 0 radical (unpaired) electrons. The van der Waals surface area contributed by atoms with Gasteiger partial charge in [-0.25, -0.2) is 0 Å². The fraction of sp³-hybridized carbons (Fsp3) is 0.500. The zero-order valence-electron chi connectivity index (χ0n) is 9.69. The van der Waals surface area contributed by atoms with Crippen molar-refractivity contribution in [1.82, 2.24) is 0 Å². The van der Waals surface area contributed by atoms with Gasteiger partial charge in [-0.15, -0.1) is 0 Å². The quantitative estimate of drug-likeness (QED) is 0.726. The van der Waals surface area contributed by atoms with Gasteiger partial charge in [-0.05, 0) is 24.0 Å². The molecule has 0 aliphatic carbocycles. The van der Waals surface area contributed by atoms with E-state index in [2.05, 4.69) is 25.1 Å². The Kier molecular flexibility index (Phi) is 3.73. The highest BCUT2D eigenvalue weighted by Crippen LogP contribution is 2.33. The Hall–Kier alpha value is -1.15. The highest BCUT2D eigenvalue weighted by Gasteiger charge is 2.27. The third kappa shape index (κ3) is 2.17. The molecule has 2 heteroatoms. The van der Waals surface area contributed by atoms with Crippen molar-refractivity contribution in [3.63, 3.8) is 0 Å². The van der Waals surface area contributed by atoms with Crippen molar-refractivity contribution < 1.29 is 9.53 Å². The second-order valence-electron chi connectivity index (χ2n) is 4.33. The van der Waals surface area contributed by atoms with Crippen LogP contribution in [0.15, 0.2) is 24.3 Å². The Morgan fingerprint density at radius 3 is 3.06 bits per heavy atom. The average molecular weight is 218 g/mol. The van der Waals surface area contributed by atoms with Crippen molar-refractivity contribution in [3.05, 3.63) is 35.4 Å². The van der Waals surface area contributed by atoms with Crippen LogP contribution in [-0.4, -0.2) is 12.9 Å². The van der Waals surface area contributed by atoms with Crippen LogP contribution in [0.3, 0.4) is 0 Å². The smallest absolute Gasteiger partial charge is 0.126 e. The van der Waals surface area contributed by atoms with Crippen molar-refractivity contribution in [2.24, 2.45) is 5.92 Å². The molecule has 0 saturated carbocycles. The predicted molar refractivity (Wildman–Crippen MR) is 63.3 cm³/mol. The summed E-state index contributed by atoms with van der Waals surface area (Å²) in [7, 11) is 0. The Balaban J connectivity index is 2.26. The highest BCUT2D eigenvalue weighted by atomic mass is 16.5. The minimum absolute atomic E-state index is 0.00597. The van der Waals surface area contributed by atoms with Crippen LogP contribution in [0.1, 0.15) is 37.0 Å². The number of ether oxygens (including phenoxy) is 1. The maximum absolute atomic E-state index is 11.1. The van der Waals surface area contributed by atoms with Gasteiger partial charge in [0.05, 0.1) is 12.7 Å². The Bertz CT molecular complexity index is 360. The monoisotopic (exact) mass is 218 g/mol. The van der Waals surface area contributed by atoms with Crippen LogP contribution in [-0.2, 0) is 16.0 Å². The van der Waals surface area contributed by atoms with Crippen LogP contribution in [0.25, 0.3) is 0 Å². The Morgan fingerprint density at radius 1 is 1.50 bits per heavy atom. The van der Waals surface area contributed by atoms with Gasteiger partial charge in [0, 0.05) is 5.92 Å². The topological polar surface area (TPSA) is 26.3 Å². The van der Waals surface area contributed by atoms with Gasteiger partial charge in [0.1, 0.15) is 6.29 Å². The second-order valence-corrected chi connectivity index (χ2v) is 4.33. The molecule has 2 unspecified atom stereocenters. The SMILES string of the molecule is CCCC(C=O)C1OCCc2ccccc21. The van der Waals surface area contributed by atoms with Gasteiger partial charge in [0.15, 0.2) is 0 Å². The van der Waals surface area contributed by atoms with Crippen LogP contribution in [0.4, 0.5) is 0 Å². The first-order valence-electron chi connectivity index (χ1n) is 6.01. The molecule has 1 aliphatic heterocycles. The summed E-state index contributed by atoms with van der Waals surface area (Å²) >= 11 is 0. The van der Waals surface area contributed by atoms with E-state index in [9.17, 15) is 4.79 Å². The van der Waals surface area contributed by atoms with Crippen molar-refractivity contribution in [1.29, 1.82) is 0 Å². The summed E-state index contributed by atoms with van der Waals surface area (Å²) in [6.45, 7) is 2.83. The highest BCUT2D eigenvalue weighted by molar-refractivity contribution is 5.56. The standard InChI is InChI=1S/C14H18O2/c1-2-5-12(10-15)14-13-7-4-3-6-11(13)8-9-16-14/h3-4,6-7,10,12,14H,2,5,8-9H2,1H3. The summed E-state index contributed by atoms with van der Waals surface area (Å²) < 4.78 is 5.78. The van der Waals surface area contributed by atoms with Gasteiger partial charge in [-0.2, -0.15) is 0 Å². The summed E-state index contributed by atoms with van der Waals surface area (Å²) in [5.74, 6) is 0.00597. The summed E-state index contributed by atoms with van der Waals surface area (Å²) in [5.41, 5.74) is 2.54. The predicted octanol–water partition coefficient (Wildman–Crippen LogP) is 2.92. The zero-order valence-corrected chi connectivity index (χ0v) is 9.69. The van der Waals surface area contributed by atoms with Crippen LogP contribution in [0.5, 0.6) is 0 Å². The van der Waals surface area contributed by atoms with E-state index in [-0.39, 0.29) is 12.0 Å². The van der Waals surface area contributed by atoms with E-state index in [0.717, 1.165) is 32.2 Å². The van der Waals surface area contributed by atoms with E-state index in [1.807, 2.05) is 6.07 Å². The first-order chi connectivity index (χ1) is 7.86. The van der Waals surface area contributed by atoms with Gasteiger partial charge >= 0.3 is 0 Å². The first-order valence-corrected chi connectivity index (χ1v) is 6.01.